The molecule has 2 heterocycles. The molecule has 0 saturated heterocycles. The van der Waals surface area contributed by atoms with Crippen molar-refractivity contribution in [3.8, 4) is 0 Å². The van der Waals surface area contributed by atoms with Gasteiger partial charge in [0.1, 0.15) is 11.5 Å². The van der Waals surface area contributed by atoms with Crippen LogP contribution in [0.2, 0.25) is 0 Å². The average Bonchev–Trinajstić information content (AvgIpc) is 2.75. The summed E-state index contributed by atoms with van der Waals surface area (Å²) in [7, 11) is 1.90. The number of rotatable bonds is 3. The number of nitrogens with zero attached hydrogens (tertiary/aromatic N) is 3. The quantitative estimate of drug-likeness (QED) is 0.892. The van der Waals surface area contributed by atoms with Gasteiger partial charge in [-0.2, -0.15) is 0 Å². The van der Waals surface area contributed by atoms with Crippen molar-refractivity contribution in [3.05, 3.63) is 47.8 Å². The van der Waals surface area contributed by atoms with Crippen LogP contribution in [0.1, 0.15) is 35.0 Å². The van der Waals surface area contributed by atoms with Crippen molar-refractivity contribution in [1.82, 2.24) is 19.9 Å². The zero-order valence-corrected chi connectivity index (χ0v) is 10.7. The number of imidazole rings is 1. The Kier molecular flexibility index (Phi) is 3.41. The molecular weight excluding hydrogens is 228 g/mol. The van der Waals surface area contributed by atoms with E-state index in [2.05, 4.69) is 15.3 Å². The monoisotopic (exact) mass is 244 g/mol. The minimum atomic E-state index is -0.186. The number of carbonyl (C=O) groups excluding carboxylic acids is 1. The average molecular weight is 244 g/mol. The predicted molar refractivity (Wildman–Crippen MR) is 68.1 cm³/mol. The molecule has 2 rings (SSSR count). The Balaban J connectivity index is 2.10. The molecule has 0 aliphatic carbocycles. The van der Waals surface area contributed by atoms with Gasteiger partial charge in [0.2, 0.25) is 0 Å². The molecule has 1 N–H and O–H groups in total. The molecule has 5 heteroatoms. The van der Waals surface area contributed by atoms with E-state index < -0.39 is 0 Å². The lowest BCUT2D eigenvalue weighted by atomic mass is 10.2. The van der Waals surface area contributed by atoms with Crippen LogP contribution < -0.4 is 5.32 Å². The van der Waals surface area contributed by atoms with Gasteiger partial charge in [-0.25, -0.2) is 9.97 Å². The lowest BCUT2D eigenvalue weighted by molar-refractivity contribution is 0.0932. The summed E-state index contributed by atoms with van der Waals surface area (Å²) < 4.78 is 1.88. The first-order chi connectivity index (χ1) is 8.58. The summed E-state index contributed by atoms with van der Waals surface area (Å²) in [5, 5.41) is 2.88. The molecule has 1 unspecified atom stereocenters. The number of nitrogens with one attached hydrogen (secondary N) is 1. The molecule has 5 nitrogen and oxygen atoms in total. The van der Waals surface area contributed by atoms with E-state index in [9.17, 15) is 4.79 Å². The third-order valence-corrected chi connectivity index (χ3v) is 2.71. The molecule has 0 radical (unpaired) electrons. The Morgan fingerprint density at radius 2 is 2.22 bits per heavy atom. The molecule has 0 aliphatic heterocycles. The largest absolute Gasteiger partial charge is 0.341 e. The Morgan fingerprint density at radius 3 is 2.83 bits per heavy atom. The summed E-state index contributed by atoms with van der Waals surface area (Å²) in [5.41, 5.74) is 1.25. The Hall–Kier alpha value is -2.17. The first kappa shape index (κ1) is 12.3. The lowest BCUT2D eigenvalue weighted by Crippen LogP contribution is -2.29. The number of carbonyl (C=O) groups is 1. The van der Waals surface area contributed by atoms with Crippen LogP contribution in [0.4, 0.5) is 0 Å². The minimum Gasteiger partial charge on any atom is -0.341 e. The van der Waals surface area contributed by atoms with Gasteiger partial charge in [-0.15, -0.1) is 0 Å². The number of aromatic nitrogens is 3. The third-order valence-electron chi connectivity index (χ3n) is 2.71. The van der Waals surface area contributed by atoms with Gasteiger partial charge in [0.05, 0.1) is 6.04 Å². The van der Waals surface area contributed by atoms with Crippen LogP contribution in [-0.2, 0) is 7.05 Å². The van der Waals surface area contributed by atoms with Gasteiger partial charge in [0.15, 0.2) is 0 Å². The SMILES string of the molecule is Cc1cccc(C(=O)NC(C)c2nccn2C)n1. The fraction of sp³-hybridized carbons (Fsp3) is 0.308. The molecule has 1 atom stereocenters. The maximum atomic E-state index is 12.0. The van der Waals surface area contributed by atoms with Gasteiger partial charge >= 0.3 is 0 Å². The van der Waals surface area contributed by atoms with E-state index in [0.29, 0.717) is 5.69 Å². The smallest absolute Gasteiger partial charge is 0.270 e. The molecule has 94 valence electrons. The number of hydrogen-bond donors (Lipinski definition) is 1. The van der Waals surface area contributed by atoms with Gasteiger partial charge in [0.25, 0.3) is 5.91 Å². The van der Waals surface area contributed by atoms with E-state index >= 15 is 0 Å². The van der Waals surface area contributed by atoms with Crippen LogP contribution in [0, 0.1) is 6.92 Å². The topological polar surface area (TPSA) is 59.8 Å². The summed E-state index contributed by atoms with van der Waals surface area (Å²) in [6.07, 6.45) is 3.56. The second-order valence-electron chi connectivity index (χ2n) is 4.26. The summed E-state index contributed by atoms with van der Waals surface area (Å²) >= 11 is 0. The van der Waals surface area contributed by atoms with Gasteiger partial charge in [0, 0.05) is 25.1 Å². The number of aryl methyl sites for hydroxylation is 2. The zero-order valence-electron chi connectivity index (χ0n) is 10.7. The maximum Gasteiger partial charge on any atom is 0.270 e. The second kappa shape index (κ2) is 5.00. The Morgan fingerprint density at radius 1 is 1.44 bits per heavy atom. The summed E-state index contributed by atoms with van der Waals surface area (Å²) in [5.74, 6) is 0.630. The van der Waals surface area contributed by atoms with Crippen molar-refractivity contribution in [2.45, 2.75) is 19.9 Å². The highest BCUT2D eigenvalue weighted by atomic mass is 16.1. The molecule has 2 aromatic rings. The number of hydrogen-bond acceptors (Lipinski definition) is 3. The molecule has 0 aromatic carbocycles. The normalized spacial score (nSPS) is 12.2. The van der Waals surface area contributed by atoms with E-state index in [1.807, 2.05) is 43.8 Å². The molecule has 0 aliphatic rings. The molecule has 0 fully saturated rings. The Bertz CT molecular complexity index is 562. The Labute approximate surface area is 106 Å². The standard InChI is InChI=1S/C13H16N4O/c1-9-5-4-6-11(15-9)13(18)16-10(2)12-14-7-8-17(12)3/h4-8,10H,1-3H3,(H,16,18). The van der Waals surface area contributed by atoms with Crippen molar-refractivity contribution in [2.75, 3.05) is 0 Å². The fourth-order valence-corrected chi connectivity index (χ4v) is 1.80. The summed E-state index contributed by atoms with van der Waals surface area (Å²) in [6.45, 7) is 3.76. The fourth-order valence-electron chi connectivity index (χ4n) is 1.80. The summed E-state index contributed by atoms with van der Waals surface area (Å²) in [4.78, 5) is 20.4. The van der Waals surface area contributed by atoms with E-state index in [0.717, 1.165) is 11.5 Å². The van der Waals surface area contributed by atoms with Crippen molar-refractivity contribution in [2.24, 2.45) is 7.05 Å². The van der Waals surface area contributed by atoms with E-state index in [1.165, 1.54) is 0 Å². The highest BCUT2D eigenvalue weighted by molar-refractivity contribution is 5.92. The van der Waals surface area contributed by atoms with Crippen LogP contribution in [-0.4, -0.2) is 20.4 Å². The van der Waals surface area contributed by atoms with Gasteiger partial charge in [-0.1, -0.05) is 6.07 Å². The number of pyridine rings is 1. The second-order valence-corrected chi connectivity index (χ2v) is 4.26. The van der Waals surface area contributed by atoms with E-state index in [4.69, 9.17) is 0 Å². The van der Waals surface area contributed by atoms with Crippen LogP contribution in [0.15, 0.2) is 30.6 Å². The highest BCUT2D eigenvalue weighted by Crippen LogP contribution is 2.09. The molecule has 0 saturated carbocycles. The molecular formula is C13H16N4O. The third kappa shape index (κ3) is 2.56. The van der Waals surface area contributed by atoms with Crippen LogP contribution in [0.3, 0.4) is 0 Å². The van der Waals surface area contributed by atoms with Crippen LogP contribution in [0.5, 0.6) is 0 Å². The molecule has 1 amide bonds. The van der Waals surface area contributed by atoms with Crippen molar-refractivity contribution < 1.29 is 4.79 Å². The molecule has 0 bridgehead atoms. The van der Waals surface area contributed by atoms with Crippen LogP contribution in [0.25, 0.3) is 0 Å². The molecule has 0 spiro atoms. The minimum absolute atomic E-state index is 0.153. The molecule has 18 heavy (non-hydrogen) atoms. The van der Waals surface area contributed by atoms with Gasteiger partial charge in [-0.3, -0.25) is 4.79 Å². The van der Waals surface area contributed by atoms with Crippen molar-refractivity contribution in [1.29, 1.82) is 0 Å². The lowest BCUT2D eigenvalue weighted by Gasteiger charge is -2.13. The van der Waals surface area contributed by atoms with Crippen molar-refractivity contribution in [3.63, 3.8) is 0 Å². The number of amides is 1. The predicted octanol–water partition coefficient (Wildman–Crippen LogP) is 1.61. The summed E-state index contributed by atoms with van der Waals surface area (Å²) in [6, 6.07) is 5.23. The van der Waals surface area contributed by atoms with Gasteiger partial charge < -0.3 is 9.88 Å². The molecule has 2 aromatic heterocycles. The van der Waals surface area contributed by atoms with Crippen molar-refractivity contribution >= 4 is 5.91 Å². The first-order valence-electron chi connectivity index (χ1n) is 5.79. The zero-order chi connectivity index (χ0) is 13.1. The first-order valence-corrected chi connectivity index (χ1v) is 5.79. The van der Waals surface area contributed by atoms with E-state index in [-0.39, 0.29) is 11.9 Å². The highest BCUT2D eigenvalue weighted by Gasteiger charge is 2.15. The van der Waals surface area contributed by atoms with Crippen LogP contribution >= 0.6 is 0 Å². The van der Waals surface area contributed by atoms with Gasteiger partial charge in [-0.05, 0) is 26.0 Å². The van der Waals surface area contributed by atoms with E-state index in [1.54, 1.807) is 12.3 Å². The maximum absolute atomic E-state index is 12.0.